The van der Waals surface area contributed by atoms with Crippen LogP contribution < -0.4 is 14.8 Å². The van der Waals surface area contributed by atoms with Crippen LogP contribution in [0.2, 0.25) is 0 Å². The summed E-state index contributed by atoms with van der Waals surface area (Å²) in [5.41, 5.74) is 3.96. The highest BCUT2D eigenvalue weighted by Crippen LogP contribution is 2.32. The molecule has 4 aromatic rings. The van der Waals surface area contributed by atoms with Crippen molar-refractivity contribution in [1.29, 1.82) is 0 Å². The number of fused-ring (bicyclic) bond motifs is 2. The van der Waals surface area contributed by atoms with E-state index in [-0.39, 0.29) is 12.1 Å². The Kier molecular flexibility index (Phi) is 6.81. The van der Waals surface area contributed by atoms with Crippen molar-refractivity contribution in [3.05, 3.63) is 60.2 Å². The highest BCUT2D eigenvalue weighted by atomic mass is 16.5. The van der Waals surface area contributed by atoms with Gasteiger partial charge in [-0.25, -0.2) is 9.97 Å². The molecular formula is C26H32N4O3. The summed E-state index contributed by atoms with van der Waals surface area (Å²) in [7, 11) is 1.60. The number of hydrogen-bond acceptors (Lipinski definition) is 6. The molecule has 0 saturated heterocycles. The first-order chi connectivity index (χ1) is 15.9. The molecule has 0 spiro atoms. The predicted molar refractivity (Wildman–Crippen MR) is 131 cm³/mol. The molecule has 1 atom stereocenters. The third-order valence-electron chi connectivity index (χ3n) is 5.89. The lowest BCUT2D eigenvalue weighted by Gasteiger charge is -2.28. The zero-order valence-corrected chi connectivity index (χ0v) is 19.7. The summed E-state index contributed by atoms with van der Waals surface area (Å²) in [5, 5.41) is 16.2. The molecule has 174 valence electrons. The van der Waals surface area contributed by atoms with Gasteiger partial charge in [-0.05, 0) is 44.4 Å². The Morgan fingerprint density at radius 2 is 1.94 bits per heavy atom. The molecule has 4 rings (SSSR count). The number of aliphatic hydroxyl groups excluding tert-OH is 1. The fourth-order valence-electron chi connectivity index (χ4n) is 4.13. The first-order valence-corrected chi connectivity index (χ1v) is 11.3. The van der Waals surface area contributed by atoms with Crippen LogP contribution in [0.15, 0.2) is 48.9 Å². The second kappa shape index (κ2) is 9.77. The maximum absolute atomic E-state index is 10.6. The monoisotopic (exact) mass is 448 g/mol. The summed E-state index contributed by atoms with van der Waals surface area (Å²) in [6.45, 7) is 6.89. The van der Waals surface area contributed by atoms with Crippen molar-refractivity contribution in [3.63, 3.8) is 0 Å². The molecule has 1 unspecified atom stereocenters. The van der Waals surface area contributed by atoms with Crippen molar-refractivity contribution in [3.8, 4) is 11.5 Å². The van der Waals surface area contributed by atoms with Crippen molar-refractivity contribution in [2.45, 2.75) is 45.3 Å². The maximum atomic E-state index is 10.6. The molecule has 0 amide bonds. The van der Waals surface area contributed by atoms with Crippen LogP contribution in [0.4, 0.5) is 0 Å². The summed E-state index contributed by atoms with van der Waals surface area (Å²) >= 11 is 0. The third-order valence-corrected chi connectivity index (χ3v) is 5.89. The van der Waals surface area contributed by atoms with Gasteiger partial charge in [0.1, 0.15) is 19.0 Å². The van der Waals surface area contributed by atoms with Gasteiger partial charge in [0.25, 0.3) is 0 Å². The number of aliphatic hydroxyl groups is 1. The van der Waals surface area contributed by atoms with Gasteiger partial charge in [-0.3, -0.25) is 0 Å². The van der Waals surface area contributed by atoms with Gasteiger partial charge < -0.3 is 24.9 Å². The summed E-state index contributed by atoms with van der Waals surface area (Å²) in [6.07, 6.45) is 4.58. The lowest BCUT2D eigenvalue weighted by Crippen LogP contribution is -2.46. The quantitative estimate of drug-likeness (QED) is 0.339. The molecule has 2 aromatic carbocycles. The van der Waals surface area contributed by atoms with E-state index in [9.17, 15) is 5.11 Å². The SMILES string of the molecule is CCc1ncnc2cc(OC)c(OCC(O)CNC(C)(C)Cc3c[nH]c4ccccc34)cc12. The highest BCUT2D eigenvalue weighted by Gasteiger charge is 2.21. The average molecular weight is 449 g/mol. The number of hydrogen-bond donors (Lipinski definition) is 3. The molecule has 7 heteroatoms. The number of aromatic amines is 1. The Morgan fingerprint density at radius 1 is 1.12 bits per heavy atom. The Balaban J connectivity index is 1.38. The van der Waals surface area contributed by atoms with E-state index in [4.69, 9.17) is 9.47 Å². The van der Waals surface area contributed by atoms with E-state index in [0.717, 1.165) is 35.0 Å². The van der Waals surface area contributed by atoms with Crippen LogP contribution in [0, 0.1) is 0 Å². The van der Waals surface area contributed by atoms with Crippen molar-refractivity contribution in [2.75, 3.05) is 20.3 Å². The highest BCUT2D eigenvalue weighted by molar-refractivity contribution is 5.84. The third kappa shape index (κ3) is 5.26. The van der Waals surface area contributed by atoms with Crippen LogP contribution in [-0.2, 0) is 12.8 Å². The van der Waals surface area contributed by atoms with E-state index in [1.807, 2.05) is 18.2 Å². The largest absolute Gasteiger partial charge is 0.493 e. The molecule has 0 aliphatic carbocycles. The smallest absolute Gasteiger partial charge is 0.162 e. The molecule has 7 nitrogen and oxygen atoms in total. The van der Waals surface area contributed by atoms with Crippen molar-refractivity contribution in [2.24, 2.45) is 0 Å². The topological polar surface area (TPSA) is 92.3 Å². The van der Waals surface area contributed by atoms with E-state index in [0.29, 0.717) is 18.0 Å². The van der Waals surface area contributed by atoms with Crippen molar-refractivity contribution >= 4 is 21.8 Å². The van der Waals surface area contributed by atoms with Gasteiger partial charge in [-0.2, -0.15) is 0 Å². The lowest BCUT2D eigenvalue weighted by molar-refractivity contribution is 0.0974. The second-order valence-electron chi connectivity index (χ2n) is 8.96. The zero-order valence-electron chi connectivity index (χ0n) is 19.7. The number of nitrogens with zero attached hydrogens (tertiary/aromatic N) is 2. The standard InChI is InChI=1S/C26H32N4O3/c1-5-21-20-10-25(24(32-4)11-23(20)29-16-28-21)33-15-18(31)14-30-26(2,3)12-17-13-27-22-9-7-6-8-19(17)22/h6-11,13,16,18,27,30-31H,5,12,14-15H2,1-4H3. The first kappa shape index (κ1) is 23.0. The molecule has 0 fully saturated rings. The van der Waals surface area contributed by atoms with Gasteiger partial charge in [0.15, 0.2) is 11.5 Å². The first-order valence-electron chi connectivity index (χ1n) is 11.3. The molecule has 0 saturated carbocycles. The molecule has 0 bridgehead atoms. The van der Waals surface area contributed by atoms with Crippen molar-refractivity contribution in [1.82, 2.24) is 20.3 Å². The van der Waals surface area contributed by atoms with E-state index in [1.165, 1.54) is 10.9 Å². The number of ether oxygens (including phenoxy) is 2. The fourth-order valence-corrected chi connectivity index (χ4v) is 4.13. The molecule has 0 radical (unpaired) electrons. The number of methoxy groups -OCH3 is 1. The summed E-state index contributed by atoms with van der Waals surface area (Å²) in [4.78, 5) is 12.0. The number of β-amino-alcohol motifs (C(OH)–C–C–N with tert-alkyl or cyclic N) is 1. The molecule has 2 aromatic heterocycles. The minimum absolute atomic E-state index is 0.146. The number of benzene rings is 2. The number of aromatic nitrogens is 3. The van der Waals surface area contributed by atoms with Crippen LogP contribution in [0.3, 0.4) is 0 Å². The molecule has 2 heterocycles. The Morgan fingerprint density at radius 3 is 2.73 bits per heavy atom. The summed E-state index contributed by atoms with van der Waals surface area (Å²) < 4.78 is 11.4. The van der Waals surface area contributed by atoms with Crippen molar-refractivity contribution < 1.29 is 14.6 Å². The lowest BCUT2D eigenvalue weighted by atomic mass is 9.94. The van der Waals surface area contributed by atoms with Crippen LogP contribution in [-0.4, -0.2) is 52.0 Å². The number of rotatable bonds is 10. The molecule has 3 N–H and O–H groups in total. The van der Waals surface area contributed by atoms with Crippen LogP contribution in [0.5, 0.6) is 11.5 Å². The molecular weight excluding hydrogens is 416 g/mol. The average Bonchev–Trinajstić information content (AvgIpc) is 3.22. The van der Waals surface area contributed by atoms with E-state index >= 15 is 0 Å². The minimum atomic E-state index is -0.676. The number of para-hydroxylation sites is 1. The number of H-pyrrole nitrogens is 1. The molecule has 33 heavy (non-hydrogen) atoms. The van der Waals surface area contributed by atoms with Gasteiger partial charge in [0.2, 0.25) is 0 Å². The summed E-state index contributed by atoms with van der Waals surface area (Å²) in [6, 6.07) is 12.0. The second-order valence-corrected chi connectivity index (χ2v) is 8.96. The van der Waals surface area contributed by atoms with Gasteiger partial charge in [0, 0.05) is 40.6 Å². The van der Waals surface area contributed by atoms with Gasteiger partial charge in [0.05, 0.1) is 18.3 Å². The number of aryl methyl sites for hydroxylation is 1. The summed E-state index contributed by atoms with van der Waals surface area (Å²) in [5.74, 6) is 1.16. The Bertz CT molecular complexity index is 1230. The van der Waals surface area contributed by atoms with Gasteiger partial charge >= 0.3 is 0 Å². The van der Waals surface area contributed by atoms with E-state index in [1.54, 1.807) is 13.4 Å². The fraction of sp³-hybridized carbons (Fsp3) is 0.385. The zero-order chi connectivity index (χ0) is 23.4. The Labute approximate surface area is 194 Å². The van der Waals surface area contributed by atoms with E-state index < -0.39 is 6.10 Å². The van der Waals surface area contributed by atoms with Crippen LogP contribution in [0.25, 0.3) is 21.8 Å². The van der Waals surface area contributed by atoms with E-state index in [2.05, 4.69) is 65.4 Å². The van der Waals surface area contributed by atoms with Crippen LogP contribution >= 0.6 is 0 Å². The maximum Gasteiger partial charge on any atom is 0.162 e. The molecule has 0 aliphatic rings. The van der Waals surface area contributed by atoms with Gasteiger partial charge in [-0.1, -0.05) is 25.1 Å². The van der Waals surface area contributed by atoms with Gasteiger partial charge in [-0.15, -0.1) is 0 Å². The minimum Gasteiger partial charge on any atom is -0.493 e. The normalized spacial score (nSPS) is 12.9. The number of nitrogens with one attached hydrogen (secondary N) is 2. The predicted octanol–water partition coefficient (Wildman–Crippen LogP) is 4.03. The molecule has 0 aliphatic heterocycles. The van der Waals surface area contributed by atoms with Crippen LogP contribution in [0.1, 0.15) is 32.0 Å². The Hall–Kier alpha value is -3.16.